The Morgan fingerprint density at radius 2 is 1.87 bits per heavy atom. The highest BCUT2D eigenvalue weighted by molar-refractivity contribution is 7.89. The molecule has 0 aliphatic carbocycles. The minimum absolute atomic E-state index is 0.0771. The molecule has 4 rings (SSSR count). The molecule has 0 saturated heterocycles. The predicted octanol–water partition coefficient (Wildman–Crippen LogP) is 3.00. The number of nitrogens with two attached hydrogens (primary N) is 1. The van der Waals surface area contributed by atoms with Crippen LogP contribution in [0.15, 0.2) is 53.6 Å². The summed E-state index contributed by atoms with van der Waals surface area (Å²) >= 11 is 1.37. The Morgan fingerprint density at radius 3 is 2.57 bits per heavy atom. The van der Waals surface area contributed by atoms with Crippen LogP contribution in [0.3, 0.4) is 0 Å². The summed E-state index contributed by atoms with van der Waals surface area (Å²) in [5, 5.41) is 5.15. The number of imidazole rings is 1. The number of fused-ring (bicyclic) bond motifs is 3. The van der Waals surface area contributed by atoms with Gasteiger partial charge < -0.3 is 0 Å². The Hall–Kier alpha value is -2.29. The molecule has 8 heteroatoms. The van der Waals surface area contributed by atoms with Crippen LogP contribution in [0.5, 0.6) is 0 Å². The predicted molar refractivity (Wildman–Crippen MR) is 87.3 cm³/mol. The molecule has 2 heterocycles. The topological polar surface area (TPSA) is 77.5 Å². The molecule has 0 aliphatic rings. The van der Waals surface area contributed by atoms with Crippen LogP contribution in [-0.4, -0.2) is 17.8 Å². The first-order chi connectivity index (χ1) is 10.9. The second-order valence-corrected chi connectivity index (χ2v) is 7.63. The third kappa shape index (κ3) is 2.40. The molecule has 4 aromatic rings. The number of nitrogens with zero attached hydrogens (tertiary/aromatic N) is 2. The molecular formula is C15H10FN3O2S2. The van der Waals surface area contributed by atoms with E-state index in [0.29, 0.717) is 0 Å². The van der Waals surface area contributed by atoms with E-state index in [1.165, 1.54) is 29.5 Å². The zero-order chi connectivity index (χ0) is 16.2. The molecule has 0 spiro atoms. The molecule has 116 valence electrons. The zero-order valence-electron chi connectivity index (χ0n) is 11.6. The molecule has 0 saturated carbocycles. The van der Waals surface area contributed by atoms with Crippen molar-refractivity contribution in [3.8, 4) is 11.3 Å². The van der Waals surface area contributed by atoms with Gasteiger partial charge in [-0.25, -0.2) is 22.9 Å². The summed E-state index contributed by atoms with van der Waals surface area (Å²) in [5.41, 5.74) is 2.39. The normalized spacial score (nSPS) is 12.3. The first-order valence-corrected chi connectivity index (χ1v) is 8.98. The molecule has 0 aliphatic heterocycles. The number of halogens is 1. The van der Waals surface area contributed by atoms with E-state index in [4.69, 9.17) is 5.14 Å². The van der Waals surface area contributed by atoms with Gasteiger partial charge >= 0.3 is 0 Å². The number of hydrogen-bond acceptors (Lipinski definition) is 4. The highest BCUT2D eigenvalue weighted by Gasteiger charge is 2.14. The second-order valence-electron chi connectivity index (χ2n) is 5.06. The Bertz CT molecular complexity index is 1140. The number of sulfonamides is 1. The fraction of sp³-hybridized carbons (Fsp3) is 0. The van der Waals surface area contributed by atoms with Gasteiger partial charge in [0.25, 0.3) is 0 Å². The molecule has 0 atom stereocenters. The lowest BCUT2D eigenvalue weighted by molar-refractivity contribution is 0.598. The van der Waals surface area contributed by atoms with Crippen LogP contribution in [-0.2, 0) is 10.0 Å². The van der Waals surface area contributed by atoms with Gasteiger partial charge in [0.05, 0.1) is 20.8 Å². The molecule has 0 radical (unpaired) electrons. The summed E-state index contributed by atoms with van der Waals surface area (Å²) in [5.74, 6) is -0.296. The van der Waals surface area contributed by atoms with Crippen LogP contribution in [0.25, 0.3) is 26.4 Å². The summed E-state index contributed by atoms with van der Waals surface area (Å²) < 4.78 is 38.5. The Balaban J connectivity index is 1.89. The molecule has 23 heavy (non-hydrogen) atoms. The molecule has 0 bridgehead atoms. The quantitative estimate of drug-likeness (QED) is 0.605. The molecule has 0 amide bonds. The van der Waals surface area contributed by atoms with Crippen molar-refractivity contribution in [3.05, 3.63) is 54.5 Å². The molecule has 5 nitrogen and oxygen atoms in total. The maximum absolute atomic E-state index is 13.0. The average Bonchev–Trinajstić information content (AvgIpc) is 3.04. The Morgan fingerprint density at radius 1 is 1.13 bits per heavy atom. The van der Waals surface area contributed by atoms with E-state index in [1.54, 1.807) is 24.3 Å². The summed E-state index contributed by atoms with van der Waals surface area (Å²) in [4.78, 5) is 5.32. The molecule has 2 aromatic carbocycles. The van der Waals surface area contributed by atoms with E-state index in [-0.39, 0.29) is 10.7 Å². The van der Waals surface area contributed by atoms with Crippen molar-refractivity contribution in [1.82, 2.24) is 9.38 Å². The van der Waals surface area contributed by atoms with E-state index in [9.17, 15) is 12.8 Å². The lowest BCUT2D eigenvalue weighted by atomic mass is 10.2. The van der Waals surface area contributed by atoms with E-state index in [0.717, 1.165) is 26.4 Å². The number of thiazole rings is 1. The van der Waals surface area contributed by atoms with Crippen LogP contribution >= 0.6 is 11.3 Å². The maximum atomic E-state index is 13.0. The minimum atomic E-state index is -3.73. The third-order valence-corrected chi connectivity index (χ3v) is 5.46. The van der Waals surface area contributed by atoms with E-state index >= 15 is 0 Å². The lowest BCUT2D eigenvalue weighted by Crippen LogP contribution is -2.11. The highest BCUT2D eigenvalue weighted by Crippen LogP contribution is 2.30. The first-order valence-electron chi connectivity index (χ1n) is 6.62. The summed E-state index contributed by atoms with van der Waals surface area (Å²) in [7, 11) is -3.73. The largest absolute Gasteiger partial charge is 0.290 e. The number of benzene rings is 2. The summed E-state index contributed by atoms with van der Waals surface area (Å²) in [6.45, 7) is 0. The Labute approximate surface area is 134 Å². The van der Waals surface area contributed by atoms with Crippen molar-refractivity contribution in [2.45, 2.75) is 4.90 Å². The molecule has 2 N–H and O–H groups in total. The molecule has 2 aromatic heterocycles. The van der Waals surface area contributed by atoms with Gasteiger partial charge in [-0.05, 0) is 42.5 Å². The fourth-order valence-corrected chi connectivity index (χ4v) is 4.08. The monoisotopic (exact) mass is 347 g/mol. The van der Waals surface area contributed by atoms with Gasteiger partial charge in [-0.1, -0.05) is 11.3 Å². The van der Waals surface area contributed by atoms with Crippen molar-refractivity contribution in [2.24, 2.45) is 5.14 Å². The van der Waals surface area contributed by atoms with Gasteiger partial charge in [0, 0.05) is 11.8 Å². The second kappa shape index (κ2) is 4.85. The molecule has 0 fully saturated rings. The van der Waals surface area contributed by atoms with Gasteiger partial charge in [0.1, 0.15) is 5.82 Å². The minimum Gasteiger partial charge on any atom is -0.290 e. The van der Waals surface area contributed by atoms with Gasteiger partial charge in [0.2, 0.25) is 10.0 Å². The smallest absolute Gasteiger partial charge is 0.238 e. The lowest BCUT2D eigenvalue weighted by Gasteiger charge is -1.98. The summed E-state index contributed by atoms with van der Waals surface area (Å²) in [6, 6.07) is 10.8. The molecule has 0 unspecified atom stereocenters. The standard InChI is InChI=1S/C15H10FN3O2S2/c16-10-3-1-9(2-4-10)12-8-19-13-6-5-11(23(17,20)21)7-14(13)22-15(19)18-12/h1-8H,(H2,17,20,21). The maximum Gasteiger partial charge on any atom is 0.238 e. The van der Waals surface area contributed by atoms with Crippen LogP contribution in [0.2, 0.25) is 0 Å². The molecular weight excluding hydrogens is 337 g/mol. The van der Waals surface area contributed by atoms with Crippen molar-refractivity contribution in [1.29, 1.82) is 0 Å². The van der Waals surface area contributed by atoms with E-state index in [1.807, 2.05) is 10.6 Å². The number of aromatic nitrogens is 2. The fourth-order valence-electron chi connectivity index (χ4n) is 2.42. The van der Waals surface area contributed by atoms with Crippen molar-refractivity contribution >= 4 is 36.5 Å². The van der Waals surface area contributed by atoms with Gasteiger partial charge in [-0.15, -0.1) is 0 Å². The first kappa shape index (κ1) is 14.3. The van der Waals surface area contributed by atoms with E-state index < -0.39 is 10.0 Å². The number of hydrogen-bond donors (Lipinski definition) is 1. The highest BCUT2D eigenvalue weighted by atomic mass is 32.2. The van der Waals surface area contributed by atoms with Crippen molar-refractivity contribution in [2.75, 3.05) is 0 Å². The van der Waals surface area contributed by atoms with Gasteiger partial charge in [-0.2, -0.15) is 0 Å². The number of primary sulfonamides is 1. The van der Waals surface area contributed by atoms with Gasteiger partial charge in [0.15, 0.2) is 4.96 Å². The van der Waals surface area contributed by atoms with Crippen LogP contribution in [0.1, 0.15) is 0 Å². The zero-order valence-corrected chi connectivity index (χ0v) is 13.2. The van der Waals surface area contributed by atoms with Crippen LogP contribution < -0.4 is 5.14 Å². The summed E-state index contributed by atoms with van der Waals surface area (Å²) in [6.07, 6.45) is 1.85. The van der Waals surface area contributed by atoms with Crippen molar-refractivity contribution in [3.63, 3.8) is 0 Å². The van der Waals surface area contributed by atoms with Crippen molar-refractivity contribution < 1.29 is 12.8 Å². The van der Waals surface area contributed by atoms with E-state index in [2.05, 4.69) is 4.98 Å². The number of rotatable bonds is 2. The van der Waals surface area contributed by atoms with Crippen LogP contribution in [0, 0.1) is 5.82 Å². The average molecular weight is 347 g/mol. The SMILES string of the molecule is NS(=O)(=O)c1ccc2c(c1)sc1nc(-c3ccc(F)cc3)cn12. The van der Waals surface area contributed by atoms with Crippen LogP contribution in [0.4, 0.5) is 4.39 Å². The third-order valence-electron chi connectivity index (χ3n) is 3.53. The Kier molecular flexibility index (Phi) is 3.02. The van der Waals surface area contributed by atoms with Gasteiger partial charge in [-0.3, -0.25) is 4.40 Å².